The zero-order valence-corrected chi connectivity index (χ0v) is 21.8. The van der Waals surface area contributed by atoms with Crippen molar-refractivity contribution in [3.05, 3.63) is 4.13 Å². The lowest BCUT2D eigenvalue weighted by Gasteiger charge is -2.39. The van der Waals surface area contributed by atoms with Crippen molar-refractivity contribution >= 4 is 35.9 Å². The number of rotatable bonds is 12. The van der Waals surface area contributed by atoms with Crippen LogP contribution < -0.4 is 0 Å². The topological polar surface area (TPSA) is 157 Å². The summed E-state index contributed by atoms with van der Waals surface area (Å²) < 4.78 is 191. The Morgan fingerprint density at radius 2 is 1.32 bits per heavy atom. The van der Waals surface area contributed by atoms with Gasteiger partial charge in [0, 0.05) is 24.9 Å². The van der Waals surface area contributed by atoms with Crippen LogP contribution in [0.1, 0.15) is 39.5 Å². The molecule has 1 rings (SSSR count). The Kier molecular flexibility index (Phi) is 9.74. The minimum Gasteiger partial charge on any atom is -0.423 e. The third-order valence-corrected chi connectivity index (χ3v) is 11.1. The molecule has 38 heavy (non-hydrogen) atoms. The fourth-order valence-corrected chi connectivity index (χ4v) is 6.86. The first kappa shape index (κ1) is 34.8. The third-order valence-electron chi connectivity index (χ3n) is 6.06. The van der Waals surface area contributed by atoms with Gasteiger partial charge in [-0.1, -0.05) is 13.8 Å². The van der Waals surface area contributed by atoms with Crippen molar-refractivity contribution in [1.82, 2.24) is 4.31 Å². The number of aliphatic hydroxyl groups is 1. The summed E-state index contributed by atoms with van der Waals surface area (Å²) in [5.41, 5.74) is -7.89. The molecule has 0 aromatic rings. The van der Waals surface area contributed by atoms with Crippen LogP contribution in [-0.2, 0) is 34.9 Å². The van der Waals surface area contributed by atoms with E-state index in [1.807, 2.05) is 0 Å². The van der Waals surface area contributed by atoms with Crippen LogP contribution in [0, 0.1) is 11.3 Å². The molecule has 1 atom stereocenters. The van der Waals surface area contributed by atoms with Gasteiger partial charge in [0.2, 0.25) is 0 Å². The van der Waals surface area contributed by atoms with E-state index in [2.05, 4.69) is 0 Å². The molecule has 0 saturated carbocycles. The number of halogens is 9. The summed E-state index contributed by atoms with van der Waals surface area (Å²) >= 11 is 0. The van der Waals surface area contributed by atoms with Crippen LogP contribution in [-0.4, -0.2) is 82.1 Å². The normalized spacial score (nSPS) is 19.8. The van der Waals surface area contributed by atoms with Gasteiger partial charge >= 0.3 is 21.9 Å². The highest BCUT2D eigenvalue weighted by molar-refractivity contribution is 8.13. The number of ketones is 1. The van der Waals surface area contributed by atoms with Crippen molar-refractivity contribution in [3.8, 4) is 0 Å². The zero-order valence-electron chi connectivity index (χ0n) is 19.4. The molecule has 1 fully saturated rings. The van der Waals surface area contributed by atoms with Crippen LogP contribution in [0.4, 0.5) is 39.5 Å². The van der Waals surface area contributed by atoms with Crippen LogP contribution >= 0.6 is 0 Å². The number of Topliss-reactive ketones (excluding diaryl/α,β-unsaturated/α-hetero) is 1. The van der Waals surface area contributed by atoms with E-state index < -0.39 is 106 Å². The molecule has 1 heterocycles. The van der Waals surface area contributed by atoms with Gasteiger partial charge < -0.3 is 9.23 Å². The maximum atomic E-state index is 14.4. The fraction of sp³-hybridized carbons (Fsp3) is 0.938. The molecule has 226 valence electrons. The predicted molar refractivity (Wildman–Crippen MR) is 110 cm³/mol. The van der Waals surface area contributed by atoms with Gasteiger partial charge in [0.1, 0.15) is 5.78 Å². The first-order valence-corrected chi connectivity index (χ1v) is 14.6. The van der Waals surface area contributed by atoms with E-state index in [9.17, 15) is 74.7 Å². The lowest BCUT2D eigenvalue weighted by atomic mass is 9.78. The summed E-state index contributed by atoms with van der Waals surface area (Å²) in [7, 11) is -22.3. The third kappa shape index (κ3) is 5.93. The summed E-state index contributed by atoms with van der Waals surface area (Å²) in [5, 5.41) is -5.08. The Morgan fingerprint density at radius 1 is 0.868 bits per heavy atom. The molecule has 0 radical (unpaired) electrons. The Bertz CT molecular complexity index is 1210. The largest absolute Gasteiger partial charge is 0.480 e. The number of hydrogen-bond acceptors (Lipinski definition) is 8. The Morgan fingerprint density at radius 3 is 1.68 bits per heavy atom. The second-order valence-corrected chi connectivity index (χ2v) is 14.1. The van der Waals surface area contributed by atoms with E-state index in [-0.39, 0.29) is 12.8 Å². The molecule has 0 spiro atoms. The lowest BCUT2D eigenvalue weighted by Crippen LogP contribution is -2.63. The van der Waals surface area contributed by atoms with Gasteiger partial charge in [0.25, 0.3) is 10.0 Å². The molecule has 1 N–H and O–H groups in total. The molecular weight excluding hydrogens is 615 g/mol. The average Bonchev–Trinajstić information content (AvgIpc) is 2.76. The quantitative estimate of drug-likeness (QED) is 0.320. The van der Waals surface area contributed by atoms with E-state index in [4.69, 9.17) is 0 Å². The molecule has 0 bridgehead atoms. The molecule has 1 aliphatic heterocycles. The van der Waals surface area contributed by atoms with Crippen molar-refractivity contribution in [2.75, 3.05) is 19.7 Å². The molecule has 0 aromatic heterocycles. The number of hydrogen-bond donors (Lipinski definition) is 1. The smallest absolute Gasteiger partial charge is 0.423 e. The maximum absolute atomic E-state index is 14.4. The summed E-state index contributed by atoms with van der Waals surface area (Å²) in [5.74, 6) is -8.70. The van der Waals surface area contributed by atoms with Crippen molar-refractivity contribution in [1.29, 1.82) is 0 Å². The minimum absolute atomic E-state index is 0.199. The van der Waals surface area contributed by atoms with Crippen LogP contribution in [0.15, 0.2) is 0 Å². The summed E-state index contributed by atoms with van der Waals surface area (Å²) in [6, 6.07) is 0. The molecule has 10 nitrogen and oxygen atoms in total. The van der Waals surface area contributed by atoms with Crippen LogP contribution in [0.25, 0.3) is 4.13 Å². The van der Waals surface area contributed by atoms with Crippen molar-refractivity contribution in [3.63, 3.8) is 0 Å². The Labute approximate surface area is 211 Å². The number of carbonyl (C=O) groups is 1. The summed E-state index contributed by atoms with van der Waals surface area (Å²) in [6.45, 7) is 0.383. The van der Waals surface area contributed by atoms with Gasteiger partial charge in [0.05, 0.1) is 6.61 Å². The van der Waals surface area contributed by atoms with Crippen molar-refractivity contribution in [2.45, 2.75) is 61.5 Å². The van der Waals surface area contributed by atoms with Crippen molar-refractivity contribution in [2.24, 2.45) is 11.3 Å². The highest BCUT2D eigenvalue weighted by Gasteiger charge is 2.81. The molecule has 1 unspecified atom stereocenters. The minimum atomic E-state index is -7.96. The summed E-state index contributed by atoms with van der Waals surface area (Å²) in [4.78, 5) is 12.4. The Balaban J connectivity index is 3.23. The number of nitrogens with zero attached hydrogens (tertiary/aromatic N) is 2. The monoisotopic (exact) mass is 637 g/mol. The van der Waals surface area contributed by atoms with Gasteiger partial charge in [0.15, 0.2) is 20.0 Å². The van der Waals surface area contributed by atoms with Crippen LogP contribution in [0.5, 0.6) is 0 Å². The number of aliphatic hydroxyl groups excluding tert-OH is 1. The van der Waals surface area contributed by atoms with E-state index in [0.29, 0.717) is 4.13 Å². The first-order valence-electron chi connectivity index (χ1n) is 10.3. The molecular formula is C16H22F9N2O8S3-. The van der Waals surface area contributed by atoms with Gasteiger partial charge in [-0.2, -0.15) is 43.8 Å². The predicted octanol–water partition coefficient (Wildman–Crippen LogP) is 2.77. The van der Waals surface area contributed by atoms with Crippen molar-refractivity contribution < 1.29 is 74.7 Å². The zero-order chi connectivity index (χ0) is 30.4. The number of piperidine rings is 1. The maximum Gasteiger partial charge on any atom is 0.480 e. The first-order chi connectivity index (χ1) is 16.7. The standard InChI is InChI=1S/C16H22F9N2O8S3/c1-3-12(2,9-28)11(29)8-10-4-6-27(7-5-10)38(34,35)15(21,22)13(17,18)14(19,20)36(30,31)26-37(32,33)16(23,24)25/h10,28H,3-9H2,1-2H3/q-1. The van der Waals surface area contributed by atoms with E-state index >= 15 is 0 Å². The SMILES string of the molecule is CCC(C)(CO)C(=O)CC1CCN(S(=O)(=O)C(F)(F)C(F)(F)C(F)(F)S(=O)(=O)[N-]S(=O)(=O)C(F)(F)F)CC1. The number of sulfonamides is 3. The van der Waals surface area contributed by atoms with Gasteiger partial charge in [-0.15, -0.1) is 0 Å². The molecule has 1 aliphatic rings. The van der Waals surface area contributed by atoms with E-state index in [0.717, 1.165) is 0 Å². The second kappa shape index (κ2) is 10.6. The average molecular weight is 638 g/mol. The molecule has 22 heteroatoms. The van der Waals surface area contributed by atoms with Crippen LogP contribution in [0.2, 0.25) is 0 Å². The van der Waals surface area contributed by atoms with Gasteiger partial charge in [-0.05, 0) is 25.2 Å². The number of alkyl halides is 9. The van der Waals surface area contributed by atoms with E-state index in [1.54, 1.807) is 6.92 Å². The Hall–Kier alpha value is -1.23. The molecule has 1 saturated heterocycles. The van der Waals surface area contributed by atoms with Crippen LogP contribution in [0.3, 0.4) is 0 Å². The van der Waals surface area contributed by atoms with E-state index in [1.165, 1.54) is 6.92 Å². The lowest BCUT2D eigenvalue weighted by molar-refractivity contribution is -0.244. The molecule has 0 aliphatic carbocycles. The van der Waals surface area contributed by atoms with Gasteiger partial charge in [-0.3, -0.25) is 4.79 Å². The highest BCUT2D eigenvalue weighted by Crippen LogP contribution is 2.53. The second-order valence-electron chi connectivity index (χ2n) is 8.63. The highest BCUT2D eigenvalue weighted by atomic mass is 32.3. The fourth-order valence-electron chi connectivity index (χ4n) is 3.13. The molecule has 0 amide bonds. The number of carbonyl (C=O) groups excluding carboxylic acids is 1. The molecule has 0 aromatic carbocycles. The van der Waals surface area contributed by atoms with Gasteiger partial charge in [-0.25, -0.2) is 25.3 Å². The summed E-state index contributed by atoms with van der Waals surface area (Å²) in [6.07, 6.45) is -0.932.